The van der Waals surface area contributed by atoms with Gasteiger partial charge >= 0.3 is 11.9 Å². The van der Waals surface area contributed by atoms with E-state index < -0.39 is 6.10 Å². The Hall–Kier alpha value is -3.44. The van der Waals surface area contributed by atoms with Gasteiger partial charge in [0.25, 0.3) is 0 Å². The van der Waals surface area contributed by atoms with Gasteiger partial charge in [-0.2, -0.15) is 0 Å². The van der Waals surface area contributed by atoms with E-state index in [2.05, 4.69) is 124 Å². The van der Waals surface area contributed by atoms with Gasteiger partial charge in [-0.3, -0.25) is 9.59 Å². The molecule has 1 unspecified atom stereocenters. The molecule has 376 valence electrons. The molecule has 1 atom stereocenters. The fraction of sp³-hybridized carbons (Fsp3) is 0.672. The molecule has 66 heavy (non-hydrogen) atoms. The fourth-order valence-corrected chi connectivity index (χ4v) is 7.32. The van der Waals surface area contributed by atoms with Crippen LogP contribution in [0.4, 0.5) is 0 Å². The van der Waals surface area contributed by atoms with E-state index in [-0.39, 0.29) is 25.2 Å². The number of hydrogen-bond donors (Lipinski definition) is 0. The van der Waals surface area contributed by atoms with Crippen LogP contribution in [0.1, 0.15) is 239 Å². The van der Waals surface area contributed by atoms with Crippen molar-refractivity contribution < 1.29 is 23.8 Å². The van der Waals surface area contributed by atoms with Gasteiger partial charge in [0, 0.05) is 19.4 Å². The minimum absolute atomic E-state index is 0.0359. The predicted octanol–water partition coefficient (Wildman–Crippen LogP) is 18.8. The topological polar surface area (TPSA) is 61.8 Å². The van der Waals surface area contributed by atoms with Gasteiger partial charge in [0.1, 0.15) is 6.61 Å². The number of esters is 2. The number of rotatable bonds is 49. The summed E-state index contributed by atoms with van der Waals surface area (Å²) < 4.78 is 17.4. The van der Waals surface area contributed by atoms with Crippen molar-refractivity contribution in [1.82, 2.24) is 0 Å². The highest BCUT2D eigenvalue weighted by Gasteiger charge is 2.17. The van der Waals surface area contributed by atoms with Gasteiger partial charge in [-0.15, -0.1) is 0 Å². The summed E-state index contributed by atoms with van der Waals surface area (Å²) >= 11 is 0. The second kappa shape index (κ2) is 55.9. The first-order valence-electron chi connectivity index (χ1n) is 27.4. The van der Waals surface area contributed by atoms with Crippen LogP contribution in [-0.2, 0) is 23.8 Å². The summed E-state index contributed by atoms with van der Waals surface area (Å²) in [5, 5.41) is 0. The maximum atomic E-state index is 12.8. The zero-order valence-electron chi connectivity index (χ0n) is 43.2. The van der Waals surface area contributed by atoms with Crippen molar-refractivity contribution in [2.24, 2.45) is 0 Å². The van der Waals surface area contributed by atoms with Crippen molar-refractivity contribution in [2.45, 2.75) is 245 Å². The second-order valence-electron chi connectivity index (χ2n) is 17.7. The molecule has 0 spiro atoms. The quantitative estimate of drug-likeness (QED) is 0.0346. The molecule has 0 aliphatic carbocycles. The Labute approximate surface area is 408 Å². The number of ether oxygens (including phenoxy) is 3. The van der Waals surface area contributed by atoms with Crippen molar-refractivity contribution in [2.75, 3.05) is 19.8 Å². The molecule has 5 heteroatoms. The van der Waals surface area contributed by atoms with Gasteiger partial charge in [-0.25, -0.2) is 0 Å². The van der Waals surface area contributed by atoms with Crippen LogP contribution in [0, 0.1) is 0 Å². The number of unbranched alkanes of at least 4 members (excludes halogenated alkanes) is 20. The first-order valence-corrected chi connectivity index (χ1v) is 27.4. The van der Waals surface area contributed by atoms with Crippen molar-refractivity contribution >= 4 is 11.9 Å². The van der Waals surface area contributed by atoms with Crippen molar-refractivity contribution in [3.8, 4) is 0 Å². The molecule has 0 rings (SSSR count). The third kappa shape index (κ3) is 53.2. The molecule has 0 amide bonds. The maximum Gasteiger partial charge on any atom is 0.306 e. The van der Waals surface area contributed by atoms with Gasteiger partial charge in [-0.05, 0) is 89.9 Å². The minimum Gasteiger partial charge on any atom is -0.462 e. The monoisotopic (exact) mass is 915 g/mol. The van der Waals surface area contributed by atoms with Crippen LogP contribution in [0.25, 0.3) is 0 Å². The third-order valence-corrected chi connectivity index (χ3v) is 11.3. The molecule has 5 nitrogen and oxygen atoms in total. The van der Waals surface area contributed by atoms with E-state index in [1.807, 2.05) is 6.08 Å². The molecule has 0 N–H and O–H groups in total. The normalized spacial score (nSPS) is 13.1. The average molecular weight is 915 g/mol. The highest BCUT2D eigenvalue weighted by Crippen LogP contribution is 2.15. The van der Waals surface area contributed by atoms with E-state index in [4.69, 9.17) is 14.2 Å². The molecule has 0 aliphatic rings. The number of hydrogen-bond acceptors (Lipinski definition) is 5. The first kappa shape index (κ1) is 62.6. The Morgan fingerprint density at radius 3 is 1.15 bits per heavy atom. The molecule has 0 aromatic heterocycles. The van der Waals surface area contributed by atoms with E-state index in [9.17, 15) is 9.59 Å². The van der Waals surface area contributed by atoms with E-state index in [1.54, 1.807) is 0 Å². The number of carbonyl (C=O) groups excluding carboxylic acids is 2. The van der Waals surface area contributed by atoms with Crippen LogP contribution in [0.15, 0.2) is 109 Å². The van der Waals surface area contributed by atoms with Crippen LogP contribution >= 0.6 is 0 Å². The maximum absolute atomic E-state index is 12.8. The lowest BCUT2D eigenvalue weighted by Crippen LogP contribution is -2.30. The van der Waals surface area contributed by atoms with Crippen molar-refractivity contribution in [3.05, 3.63) is 109 Å². The van der Waals surface area contributed by atoms with Gasteiger partial charge in [0.05, 0.1) is 6.61 Å². The summed E-state index contributed by atoms with van der Waals surface area (Å²) in [7, 11) is 0. The fourth-order valence-electron chi connectivity index (χ4n) is 7.32. The van der Waals surface area contributed by atoms with Gasteiger partial charge in [0.15, 0.2) is 6.10 Å². The lowest BCUT2D eigenvalue weighted by atomic mass is 10.0. The van der Waals surface area contributed by atoms with Gasteiger partial charge in [0.2, 0.25) is 0 Å². The van der Waals surface area contributed by atoms with Crippen LogP contribution < -0.4 is 0 Å². The van der Waals surface area contributed by atoms with Crippen LogP contribution in [-0.4, -0.2) is 37.9 Å². The summed E-state index contributed by atoms with van der Waals surface area (Å²) in [6.45, 7) is 7.51. The Morgan fingerprint density at radius 2 is 0.712 bits per heavy atom. The van der Waals surface area contributed by atoms with Gasteiger partial charge < -0.3 is 14.2 Å². The predicted molar refractivity (Wildman–Crippen MR) is 288 cm³/mol. The Bertz CT molecular complexity index is 1310. The highest BCUT2D eigenvalue weighted by molar-refractivity contribution is 5.70. The van der Waals surface area contributed by atoms with E-state index >= 15 is 0 Å². The molecule has 0 bridgehead atoms. The van der Waals surface area contributed by atoms with Crippen LogP contribution in [0.2, 0.25) is 0 Å². The van der Waals surface area contributed by atoms with E-state index in [1.165, 1.54) is 103 Å². The number of allylic oxidation sites excluding steroid dienone is 18. The third-order valence-electron chi connectivity index (χ3n) is 11.3. The zero-order chi connectivity index (χ0) is 47.7. The molecule has 0 fully saturated rings. The van der Waals surface area contributed by atoms with Crippen LogP contribution in [0.3, 0.4) is 0 Å². The molecule has 0 radical (unpaired) electrons. The first-order chi connectivity index (χ1) is 32.6. The summed E-state index contributed by atoms with van der Waals surface area (Å²) in [5.41, 5.74) is 0. The van der Waals surface area contributed by atoms with Crippen LogP contribution in [0.5, 0.6) is 0 Å². The van der Waals surface area contributed by atoms with Crippen molar-refractivity contribution in [1.29, 1.82) is 0 Å². The second-order valence-corrected chi connectivity index (χ2v) is 17.7. The zero-order valence-corrected chi connectivity index (χ0v) is 43.2. The molecular formula is C61H102O5. The minimum atomic E-state index is -0.579. The molecule has 0 aliphatic heterocycles. The molecule has 0 saturated carbocycles. The lowest BCUT2D eigenvalue weighted by molar-refractivity contribution is -0.162. The Balaban J connectivity index is 4.41. The smallest absolute Gasteiger partial charge is 0.306 e. The largest absolute Gasteiger partial charge is 0.462 e. The molecule has 0 aromatic carbocycles. The Kier molecular flexibility index (Phi) is 53.0. The summed E-state index contributed by atoms with van der Waals surface area (Å²) in [4.78, 5) is 25.4. The summed E-state index contributed by atoms with van der Waals surface area (Å²) in [5.74, 6) is -0.501. The molecule has 0 saturated heterocycles. The van der Waals surface area contributed by atoms with Gasteiger partial charge in [-0.1, -0.05) is 246 Å². The number of carbonyl (C=O) groups is 2. The molecule has 0 heterocycles. The highest BCUT2D eigenvalue weighted by atomic mass is 16.6. The molecular weight excluding hydrogens is 813 g/mol. The SMILES string of the molecule is CC/C=C\C/C=C\C/C=C\C/C=C\C/C=C\C/C=C\CCC(=O)OCC(COCCCCCCCC/C=C\C/C=C\C/C=C\CC)OC(=O)CCCCCCCCCCCCCCCCC. The Morgan fingerprint density at radius 1 is 0.348 bits per heavy atom. The van der Waals surface area contributed by atoms with Crippen molar-refractivity contribution in [3.63, 3.8) is 0 Å². The average Bonchev–Trinajstić information content (AvgIpc) is 3.32. The van der Waals surface area contributed by atoms with E-state index in [0.717, 1.165) is 96.3 Å². The standard InChI is InChI=1S/C61H102O5/c1-4-7-10-13-16-19-22-25-28-30-31-32-34-36-39-42-45-48-51-54-60(62)65-58-59(57-64-56-53-50-47-44-41-38-35-29-26-23-20-17-14-11-8-5-2)66-61(63)55-52-49-46-43-40-37-33-27-24-21-18-15-12-9-6-3/h7-8,10-11,16-17,19-20,25-26,28-29,31-32,36,39,45,48,59H,4-6,9,12-15,18,21-24,27,30,33-35,37-38,40-44,46-47,49-58H2,1-3H3/b10-7-,11-8-,19-16-,20-17-,28-25-,29-26-,32-31-,39-36-,48-45-. The molecule has 0 aromatic rings. The summed E-state index contributed by atoms with van der Waals surface area (Å²) in [6.07, 6.45) is 76.9. The lowest BCUT2D eigenvalue weighted by Gasteiger charge is -2.18. The van der Waals surface area contributed by atoms with E-state index in [0.29, 0.717) is 25.9 Å². The summed E-state index contributed by atoms with van der Waals surface area (Å²) in [6, 6.07) is 0.